The van der Waals surface area contributed by atoms with Gasteiger partial charge in [0.25, 0.3) is 5.91 Å². The Bertz CT molecular complexity index is 1140. The first-order valence-electron chi connectivity index (χ1n) is 8.55. The maximum Gasteiger partial charge on any atom is 0.352 e. The molecule has 1 aliphatic heterocycles. The van der Waals surface area contributed by atoms with Crippen molar-refractivity contribution in [3.05, 3.63) is 87.7 Å². The number of para-hydroxylation sites is 1. The number of aliphatic carboxylic acids is 1. The Morgan fingerprint density at radius 2 is 1.83 bits per heavy atom. The van der Waals surface area contributed by atoms with Crippen LogP contribution in [0.4, 0.5) is 11.5 Å². The van der Waals surface area contributed by atoms with Crippen LogP contribution in [-0.2, 0) is 4.79 Å². The summed E-state index contributed by atoms with van der Waals surface area (Å²) in [5, 5.41) is 20.3. The zero-order valence-electron chi connectivity index (χ0n) is 14.8. The van der Waals surface area contributed by atoms with Gasteiger partial charge in [-0.2, -0.15) is 5.10 Å². The molecule has 0 unspecified atom stereocenters. The third kappa shape index (κ3) is 3.70. The van der Waals surface area contributed by atoms with Crippen LogP contribution in [0.25, 0.3) is 0 Å². The molecular weight excluding hydrogens is 415 g/mol. The molecule has 2 heterocycles. The molecule has 0 saturated carbocycles. The van der Waals surface area contributed by atoms with Crippen molar-refractivity contribution < 1.29 is 14.7 Å². The number of carboxylic acid groups (broad SMARTS) is 1. The second kappa shape index (κ2) is 7.62. The molecule has 0 spiro atoms. The minimum absolute atomic E-state index is 0.0512. The van der Waals surface area contributed by atoms with Crippen LogP contribution in [0, 0.1) is 0 Å². The average Bonchev–Trinajstić information content (AvgIpc) is 3.14. The lowest BCUT2D eigenvalue weighted by atomic mass is 10.0. The number of allylic oxidation sites excluding steroid dienone is 1. The van der Waals surface area contributed by atoms with Crippen molar-refractivity contribution in [2.45, 2.75) is 6.04 Å². The van der Waals surface area contributed by atoms with Gasteiger partial charge in [-0.15, -0.1) is 0 Å². The largest absolute Gasteiger partial charge is 0.477 e. The van der Waals surface area contributed by atoms with Crippen LogP contribution in [0.1, 0.15) is 22.0 Å². The minimum Gasteiger partial charge on any atom is -0.477 e. The highest BCUT2D eigenvalue weighted by Crippen LogP contribution is 2.33. The number of nitrogens with one attached hydrogen (secondary N) is 2. The number of hydrogen-bond donors (Lipinski definition) is 3. The summed E-state index contributed by atoms with van der Waals surface area (Å²) in [5.74, 6) is -1.34. The number of fused-ring (bicyclic) bond motifs is 1. The number of rotatable bonds is 4. The van der Waals surface area contributed by atoms with Crippen molar-refractivity contribution >= 4 is 46.6 Å². The number of carbonyl (C=O) groups is 2. The molecule has 1 atom stereocenters. The number of carboxylic acids is 1. The monoisotopic (exact) mass is 428 g/mol. The molecule has 1 amide bonds. The van der Waals surface area contributed by atoms with Gasteiger partial charge in [-0.25, -0.2) is 9.48 Å². The van der Waals surface area contributed by atoms with Gasteiger partial charge in [0, 0.05) is 5.02 Å². The molecule has 2 aromatic carbocycles. The van der Waals surface area contributed by atoms with Crippen LogP contribution in [0.3, 0.4) is 0 Å². The summed E-state index contributed by atoms with van der Waals surface area (Å²) in [4.78, 5) is 24.5. The van der Waals surface area contributed by atoms with E-state index in [2.05, 4.69) is 15.7 Å². The van der Waals surface area contributed by atoms with Crippen molar-refractivity contribution in [1.29, 1.82) is 0 Å². The van der Waals surface area contributed by atoms with E-state index in [0.717, 1.165) is 5.56 Å². The predicted octanol–water partition coefficient (Wildman–Crippen LogP) is 4.43. The Morgan fingerprint density at radius 1 is 1.10 bits per heavy atom. The average molecular weight is 429 g/mol. The van der Waals surface area contributed by atoms with E-state index < -0.39 is 17.9 Å². The normalized spacial score (nSPS) is 15.1. The van der Waals surface area contributed by atoms with Gasteiger partial charge in [-0.1, -0.05) is 47.5 Å². The third-order valence-corrected chi connectivity index (χ3v) is 5.03. The summed E-state index contributed by atoms with van der Waals surface area (Å²) in [5.41, 5.74) is 1.36. The highest BCUT2D eigenvalue weighted by molar-refractivity contribution is 6.34. The first kappa shape index (κ1) is 19.0. The SMILES string of the molecule is O=C(O)C1=C[C@H](c2ccc(Cl)cc2)n2ncc(C(=O)Nc3ccccc3Cl)c2N1. The number of carbonyl (C=O) groups excluding carboxylic acids is 1. The summed E-state index contributed by atoms with van der Waals surface area (Å²) in [6.07, 6.45) is 2.91. The fourth-order valence-electron chi connectivity index (χ4n) is 3.04. The van der Waals surface area contributed by atoms with E-state index >= 15 is 0 Å². The van der Waals surface area contributed by atoms with Gasteiger partial charge < -0.3 is 15.7 Å². The molecule has 9 heteroatoms. The molecule has 146 valence electrons. The lowest BCUT2D eigenvalue weighted by molar-refractivity contribution is -0.132. The van der Waals surface area contributed by atoms with Crippen molar-refractivity contribution in [2.24, 2.45) is 0 Å². The van der Waals surface area contributed by atoms with Crippen LogP contribution >= 0.6 is 23.2 Å². The minimum atomic E-state index is -1.14. The van der Waals surface area contributed by atoms with Gasteiger partial charge in [-0.05, 0) is 35.9 Å². The quantitative estimate of drug-likeness (QED) is 0.571. The number of benzene rings is 2. The highest BCUT2D eigenvalue weighted by atomic mass is 35.5. The Labute approximate surface area is 175 Å². The Kier molecular flexibility index (Phi) is 5.00. The fourth-order valence-corrected chi connectivity index (χ4v) is 3.34. The van der Waals surface area contributed by atoms with Gasteiger partial charge in [0.2, 0.25) is 0 Å². The third-order valence-electron chi connectivity index (χ3n) is 4.45. The Balaban J connectivity index is 1.73. The topological polar surface area (TPSA) is 96.2 Å². The summed E-state index contributed by atoms with van der Waals surface area (Å²) >= 11 is 12.1. The molecule has 1 aliphatic rings. The summed E-state index contributed by atoms with van der Waals surface area (Å²) in [7, 11) is 0. The zero-order chi connectivity index (χ0) is 20.5. The second-order valence-electron chi connectivity index (χ2n) is 6.29. The molecule has 0 saturated heterocycles. The van der Waals surface area contributed by atoms with Gasteiger partial charge in [-0.3, -0.25) is 4.79 Å². The molecule has 3 N–H and O–H groups in total. The van der Waals surface area contributed by atoms with E-state index in [1.807, 2.05) is 0 Å². The maximum atomic E-state index is 12.8. The molecule has 7 nitrogen and oxygen atoms in total. The van der Waals surface area contributed by atoms with E-state index in [-0.39, 0.29) is 17.1 Å². The number of amides is 1. The maximum absolute atomic E-state index is 12.8. The van der Waals surface area contributed by atoms with E-state index in [1.165, 1.54) is 12.3 Å². The molecule has 0 aliphatic carbocycles. The zero-order valence-corrected chi connectivity index (χ0v) is 16.3. The first-order chi connectivity index (χ1) is 13.9. The molecule has 0 fully saturated rings. The van der Waals surface area contributed by atoms with Crippen LogP contribution < -0.4 is 10.6 Å². The standard InChI is InChI=1S/C20H14Cl2N4O3/c21-12-7-5-11(6-8-12)17-9-16(20(28)29)24-18-13(10-23-26(17)18)19(27)25-15-4-2-1-3-14(15)22/h1-10,17,24H,(H,25,27)(H,28,29)/t17-/m1/s1. The lowest BCUT2D eigenvalue weighted by Crippen LogP contribution is -2.25. The summed E-state index contributed by atoms with van der Waals surface area (Å²) in [6, 6.07) is 13.3. The second-order valence-corrected chi connectivity index (χ2v) is 7.14. The smallest absolute Gasteiger partial charge is 0.352 e. The molecule has 4 rings (SSSR count). The Hall–Kier alpha value is -3.29. The number of anilines is 2. The fraction of sp³-hybridized carbons (Fsp3) is 0.0500. The van der Waals surface area contributed by atoms with Crippen molar-refractivity contribution in [1.82, 2.24) is 9.78 Å². The number of halogens is 2. The van der Waals surface area contributed by atoms with Crippen molar-refractivity contribution in [3.8, 4) is 0 Å². The highest BCUT2D eigenvalue weighted by Gasteiger charge is 2.29. The first-order valence-corrected chi connectivity index (χ1v) is 9.30. The van der Waals surface area contributed by atoms with Gasteiger partial charge in [0.15, 0.2) is 0 Å². The van der Waals surface area contributed by atoms with Crippen LogP contribution in [0.15, 0.2) is 66.5 Å². The van der Waals surface area contributed by atoms with Crippen LogP contribution in [-0.4, -0.2) is 26.8 Å². The van der Waals surface area contributed by atoms with E-state index in [1.54, 1.807) is 53.2 Å². The summed E-state index contributed by atoms with van der Waals surface area (Å²) in [6.45, 7) is 0. The predicted molar refractivity (Wildman–Crippen MR) is 111 cm³/mol. The van der Waals surface area contributed by atoms with Crippen molar-refractivity contribution in [3.63, 3.8) is 0 Å². The summed E-state index contributed by atoms with van der Waals surface area (Å²) < 4.78 is 1.55. The van der Waals surface area contributed by atoms with Crippen molar-refractivity contribution in [2.75, 3.05) is 10.6 Å². The van der Waals surface area contributed by atoms with E-state index in [0.29, 0.717) is 15.7 Å². The number of nitrogens with zero attached hydrogens (tertiary/aromatic N) is 2. The molecule has 29 heavy (non-hydrogen) atoms. The molecular formula is C20H14Cl2N4O3. The molecule has 0 radical (unpaired) electrons. The lowest BCUT2D eigenvalue weighted by Gasteiger charge is -2.24. The van der Waals surface area contributed by atoms with Crippen LogP contribution in [0.2, 0.25) is 10.0 Å². The number of hydrogen-bond acceptors (Lipinski definition) is 4. The molecule has 0 bridgehead atoms. The number of aromatic nitrogens is 2. The molecule has 1 aromatic heterocycles. The van der Waals surface area contributed by atoms with Gasteiger partial charge in [0.05, 0.1) is 22.9 Å². The van der Waals surface area contributed by atoms with Gasteiger partial charge in [0.1, 0.15) is 17.1 Å². The molecule has 3 aromatic rings. The van der Waals surface area contributed by atoms with E-state index in [4.69, 9.17) is 23.2 Å². The van der Waals surface area contributed by atoms with E-state index in [9.17, 15) is 14.7 Å². The van der Waals surface area contributed by atoms with Crippen LogP contribution in [0.5, 0.6) is 0 Å². The van der Waals surface area contributed by atoms with Gasteiger partial charge >= 0.3 is 5.97 Å². The Morgan fingerprint density at radius 3 is 2.52 bits per heavy atom.